The summed E-state index contributed by atoms with van der Waals surface area (Å²) in [5, 5.41) is 9.27. The van der Waals surface area contributed by atoms with Gasteiger partial charge in [0.2, 0.25) is 0 Å². The van der Waals surface area contributed by atoms with Crippen molar-refractivity contribution in [2.75, 3.05) is 6.61 Å². The van der Waals surface area contributed by atoms with E-state index < -0.39 is 0 Å². The van der Waals surface area contributed by atoms with Gasteiger partial charge in [-0.2, -0.15) is 0 Å². The van der Waals surface area contributed by atoms with Crippen LogP contribution in [0, 0.1) is 0 Å². The molecule has 0 bridgehead atoms. The highest BCUT2D eigenvalue weighted by molar-refractivity contribution is 5.32. The molecule has 1 aliphatic rings. The highest BCUT2D eigenvalue weighted by Gasteiger charge is 2.18. The number of aliphatic hydroxyl groups is 1. The molecular formula is C12H14O. The van der Waals surface area contributed by atoms with Crippen molar-refractivity contribution in [1.82, 2.24) is 0 Å². The van der Waals surface area contributed by atoms with Crippen LogP contribution in [-0.2, 0) is 0 Å². The van der Waals surface area contributed by atoms with Gasteiger partial charge in [0.15, 0.2) is 0 Å². The molecule has 1 N–H and O–H groups in total. The molecule has 13 heavy (non-hydrogen) atoms. The minimum atomic E-state index is 0.232. The van der Waals surface area contributed by atoms with Crippen molar-refractivity contribution >= 4 is 0 Å². The van der Waals surface area contributed by atoms with Gasteiger partial charge in [0.05, 0.1) is 6.61 Å². The van der Waals surface area contributed by atoms with E-state index >= 15 is 0 Å². The molecule has 0 fully saturated rings. The van der Waals surface area contributed by atoms with Gasteiger partial charge in [0.25, 0.3) is 0 Å². The van der Waals surface area contributed by atoms with Crippen LogP contribution in [0.25, 0.3) is 0 Å². The summed E-state index contributed by atoms with van der Waals surface area (Å²) in [4.78, 5) is 0. The van der Waals surface area contributed by atoms with Crippen molar-refractivity contribution in [2.45, 2.75) is 18.8 Å². The Kier molecular flexibility index (Phi) is 2.46. The predicted molar refractivity (Wildman–Crippen MR) is 53.6 cm³/mol. The summed E-state index contributed by atoms with van der Waals surface area (Å²) in [6.45, 7) is 0.232. The highest BCUT2D eigenvalue weighted by Crippen LogP contribution is 2.32. The summed E-state index contributed by atoms with van der Waals surface area (Å²) in [6, 6.07) is 10.2. The van der Waals surface area contributed by atoms with E-state index in [1.165, 1.54) is 17.6 Å². The quantitative estimate of drug-likeness (QED) is 0.698. The number of aliphatic hydroxyl groups excluding tert-OH is 1. The Morgan fingerprint density at radius 2 is 1.92 bits per heavy atom. The van der Waals surface area contributed by atoms with Gasteiger partial charge >= 0.3 is 0 Å². The van der Waals surface area contributed by atoms with E-state index in [9.17, 15) is 5.11 Å². The lowest BCUT2D eigenvalue weighted by atomic mass is 9.83. The summed E-state index contributed by atoms with van der Waals surface area (Å²) in [5.41, 5.74) is 2.63. The summed E-state index contributed by atoms with van der Waals surface area (Å²) in [6.07, 6.45) is 4.56. The average molecular weight is 174 g/mol. The second-order valence-electron chi connectivity index (χ2n) is 3.46. The Labute approximate surface area is 78.7 Å². The number of hydrogen-bond acceptors (Lipinski definition) is 1. The van der Waals surface area contributed by atoms with Crippen LogP contribution in [0.1, 0.15) is 24.3 Å². The van der Waals surface area contributed by atoms with E-state index in [1.807, 2.05) is 18.2 Å². The van der Waals surface area contributed by atoms with E-state index in [0.717, 1.165) is 6.42 Å². The molecule has 0 amide bonds. The van der Waals surface area contributed by atoms with Crippen molar-refractivity contribution in [3.05, 3.63) is 47.5 Å². The fourth-order valence-electron chi connectivity index (χ4n) is 1.75. The van der Waals surface area contributed by atoms with Crippen LogP contribution >= 0.6 is 0 Å². The largest absolute Gasteiger partial charge is 0.395 e. The van der Waals surface area contributed by atoms with Crippen molar-refractivity contribution in [3.8, 4) is 0 Å². The zero-order valence-electron chi connectivity index (χ0n) is 7.61. The van der Waals surface area contributed by atoms with Crippen LogP contribution in [0.2, 0.25) is 0 Å². The molecule has 0 aromatic heterocycles. The third-order valence-electron chi connectivity index (χ3n) is 2.67. The molecule has 1 nitrogen and oxygen atoms in total. The third kappa shape index (κ3) is 1.65. The first-order valence-electron chi connectivity index (χ1n) is 4.76. The Balaban J connectivity index is 2.22. The summed E-state index contributed by atoms with van der Waals surface area (Å²) < 4.78 is 0. The van der Waals surface area contributed by atoms with Crippen molar-refractivity contribution in [1.29, 1.82) is 0 Å². The smallest absolute Gasteiger partial charge is 0.0537 e. The lowest BCUT2D eigenvalue weighted by molar-refractivity contribution is 0.275. The van der Waals surface area contributed by atoms with Gasteiger partial charge in [-0.15, -0.1) is 0 Å². The van der Waals surface area contributed by atoms with Gasteiger partial charge in [0.1, 0.15) is 0 Å². The molecule has 68 valence electrons. The zero-order valence-corrected chi connectivity index (χ0v) is 7.61. The molecule has 1 aliphatic carbocycles. The average Bonchev–Trinajstić information content (AvgIpc) is 2.12. The fourth-order valence-corrected chi connectivity index (χ4v) is 1.75. The zero-order chi connectivity index (χ0) is 9.10. The normalized spacial score (nSPS) is 17.5. The Morgan fingerprint density at radius 1 is 1.23 bits per heavy atom. The number of hydrogen-bond donors (Lipinski definition) is 1. The van der Waals surface area contributed by atoms with Crippen LogP contribution < -0.4 is 0 Å². The first-order chi connectivity index (χ1) is 6.42. The molecule has 0 saturated carbocycles. The molecule has 0 radical (unpaired) electrons. The predicted octanol–water partition coefficient (Wildman–Crippen LogP) is 2.48. The standard InChI is InChI=1S/C12H14O/c13-9-12(11-7-4-8-11)10-5-2-1-3-6-10/h1-3,5-7,12-13H,4,8-9H2. The lowest BCUT2D eigenvalue weighted by Gasteiger charge is -2.23. The maximum atomic E-state index is 9.27. The summed E-state index contributed by atoms with van der Waals surface area (Å²) >= 11 is 0. The molecule has 0 saturated heterocycles. The van der Waals surface area contributed by atoms with Gasteiger partial charge in [-0.05, 0) is 18.4 Å². The molecule has 0 aliphatic heterocycles. The number of allylic oxidation sites excluding steroid dienone is 1. The van der Waals surface area contributed by atoms with Gasteiger partial charge in [-0.25, -0.2) is 0 Å². The van der Waals surface area contributed by atoms with Gasteiger partial charge in [-0.3, -0.25) is 0 Å². The van der Waals surface area contributed by atoms with Crippen LogP contribution in [0.3, 0.4) is 0 Å². The monoisotopic (exact) mass is 174 g/mol. The minimum Gasteiger partial charge on any atom is -0.395 e. The van der Waals surface area contributed by atoms with Crippen LogP contribution in [0.4, 0.5) is 0 Å². The molecule has 0 heterocycles. The van der Waals surface area contributed by atoms with E-state index in [1.54, 1.807) is 0 Å². The number of rotatable bonds is 3. The number of benzene rings is 1. The second-order valence-corrected chi connectivity index (χ2v) is 3.46. The molecule has 1 unspecified atom stereocenters. The Bertz CT molecular complexity index is 300. The molecular weight excluding hydrogens is 160 g/mol. The van der Waals surface area contributed by atoms with E-state index in [-0.39, 0.29) is 12.5 Å². The van der Waals surface area contributed by atoms with Crippen molar-refractivity contribution < 1.29 is 5.11 Å². The highest BCUT2D eigenvalue weighted by atomic mass is 16.3. The van der Waals surface area contributed by atoms with Gasteiger partial charge in [-0.1, -0.05) is 42.0 Å². The fraction of sp³-hybridized carbons (Fsp3) is 0.333. The van der Waals surface area contributed by atoms with Gasteiger partial charge in [0, 0.05) is 5.92 Å². The summed E-state index contributed by atoms with van der Waals surface area (Å²) in [7, 11) is 0. The molecule has 2 rings (SSSR count). The Morgan fingerprint density at radius 3 is 2.38 bits per heavy atom. The van der Waals surface area contributed by atoms with Crippen molar-refractivity contribution in [3.63, 3.8) is 0 Å². The van der Waals surface area contributed by atoms with Crippen LogP contribution in [0.5, 0.6) is 0 Å². The molecule has 1 aromatic carbocycles. The molecule has 0 spiro atoms. The third-order valence-corrected chi connectivity index (χ3v) is 2.67. The first kappa shape index (κ1) is 8.52. The van der Waals surface area contributed by atoms with Crippen LogP contribution in [0.15, 0.2) is 42.0 Å². The van der Waals surface area contributed by atoms with E-state index in [2.05, 4.69) is 18.2 Å². The SMILES string of the molecule is OCC(C1=CCC1)c1ccccc1. The Hall–Kier alpha value is -1.08. The first-order valence-corrected chi connectivity index (χ1v) is 4.76. The van der Waals surface area contributed by atoms with Crippen molar-refractivity contribution in [2.24, 2.45) is 0 Å². The van der Waals surface area contributed by atoms with Gasteiger partial charge < -0.3 is 5.11 Å². The van der Waals surface area contributed by atoms with E-state index in [4.69, 9.17) is 0 Å². The minimum absolute atomic E-state index is 0.232. The molecule has 1 atom stereocenters. The lowest BCUT2D eigenvalue weighted by Crippen LogP contribution is -2.11. The second kappa shape index (κ2) is 3.75. The summed E-state index contributed by atoms with van der Waals surface area (Å²) in [5.74, 6) is 0.245. The maximum Gasteiger partial charge on any atom is 0.0537 e. The van der Waals surface area contributed by atoms with Crippen LogP contribution in [-0.4, -0.2) is 11.7 Å². The topological polar surface area (TPSA) is 20.2 Å². The molecule has 1 aromatic rings. The molecule has 1 heteroatoms. The van der Waals surface area contributed by atoms with E-state index in [0.29, 0.717) is 0 Å². The maximum absolute atomic E-state index is 9.27.